The first-order valence-corrected chi connectivity index (χ1v) is 4.95. The van der Waals surface area contributed by atoms with Crippen molar-refractivity contribution < 1.29 is 19.1 Å². The lowest BCUT2D eigenvalue weighted by Gasteiger charge is -2.06. The lowest BCUT2D eigenvalue weighted by Crippen LogP contribution is -2.13. The number of carbonyl (C=O) groups excluding carboxylic acids is 2. The molecule has 1 rings (SSSR count). The second-order valence-corrected chi connectivity index (χ2v) is 3.36. The first-order valence-electron chi connectivity index (χ1n) is 4.95. The summed E-state index contributed by atoms with van der Waals surface area (Å²) in [5.74, 6) is -0.981. The summed E-state index contributed by atoms with van der Waals surface area (Å²) in [7, 11) is 0. The Morgan fingerprint density at radius 2 is 1.59 bits per heavy atom. The average Bonchev–Trinajstić information content (AvgIpc) is 2.22. The van der Waals surface area contributed by atoms with Gasteiger partial charge in [-0.05, 0) is 18.2 Å². The average molecular weight is 238 g/mol. The number of esters is 2. The van der Waals surface area contributed by atoms with Gasteiger partial charge in [-0.1, -0.05) is 0 Å². The molecular weight excluding hydrogens is 224 g/mol. The number of benzene rings is 1. The molecule has 0 aliphatic rings. The van der Waals surface area contributed by atoms with Gasteiger partial charge in [-0.2, -0.15) is 0 Å². The molecule has 0 heterocycles. The van der Waals surface area contributed by atoms with E-state index in [-0.39, 0.29) is 18.8 Å². The molecule has 17 heavy (non-hydrogen) atoms. The molecule has 0 atom stereocenters. The minimum atomic E-state index is -0.559. The van der Waals surface area contributed by atoms with Gasteiger partial charge in [0.15, 0.2) is 0 Å². The lowest BCUT2D eigenvalue weighted by molar-refractivity contribution is -0.142. The highest BCUT2D eigenvalue weighted by Crippen LogP contribution is 2.14. The van der Waals surface area contributed by atoms with Crippen LogP contribution >= 0.6 is 0 Å². The Morgan fingerprint density at radius 1 is 1.06 bits per heavy atom. The van der Waals surface area contributed by atoms with Crippen LogP contribution in [0.3, 0.4) is 0 Å². The molecule has 0 spiro atoms. The fourth-order valence-electron chi connectivity index (χ4n) is 1.20. The Labute approximate surface area is 98.5 Å². The number of carbonyl (C=O) groups is 2. The molecule has 6 heteroatoms. The van der Waals surface area contributed by atoms with Crippen molar-refractivity contribution in [2.45, 2.75) is 6.92 Å². The van der Waals surface area contributed by atoms with Crippen LogP contribution in [-0.2, 0) is 14.3 Å². The fourth-order valence-corrected chi connectivity index (χ4v) is 1.20. The first-order chi connectivity index (χ1) is 7.99. The quantitative estimate of drug-likeness (QED) is 0.451. The second kappa shape index (κ2) is 5.74. The van der Waals surface area contributed by atoms with Crippen LogP contribution in [0.4, 0.5) is 11.4 Å². The van der Waals surface area contributed by atoms with Gasteiger partial charge in [0.25, 0.3) is 0 Å². The van der Waals surface area contributed by atoms with Crippen molar-refractivity contribution in [3.63, 3.8) is 0 Å². The molecule has 0 saturated carbocycles. The molecule has 0 aromatic heterocycles. The van der Waals surface area contributed by atoms with Crippen molar-refractivity contribution in [3.8, 4) is 0 Å². The summed E-state index contributed by atoms with van der Waals surface area (Å²) in [6.07, 6.45) is 0. The molecule has 1 aromatic carbocycles. The zero-order chi connectivity index (χ0) is 12.8. The van der Waals surface area contributed by atoms with Gasteiger partial charge in [0.2, 0.25) is 0 Å². The number of nitrogen functional groups attached to an aromatic ring is 2. The van der Waals surface area contributed by atoms with Gasteiger partial charge in [-0.25, -0.2) is 4.79 Å². The molecule has 0 saturated heterocycles. The lowest BCUT2D eigenvalue weighted by atomic mass is 10.2. The molecule has 1 aromatic rings. The Balaban J connectivity index is 2.49. The SMILES string of the molecule is CC(=O)OCCOC(=O)c1cc(N)cc(N)c1. The molecule has 0 aliphatic carbocycles. The van der Waals surface area contributed by atoms with Crippen LogP contribution in [0, 0.1) is 0 Å². The molecular formula is C11H14N2O4. The van der Waals surface area contributed by atoms with E-state index in [1.165, 1.54) is 25.1 Å². The van der Waals surface area contributed by atoms with Crippen molar-refractivity contribution in [2.24, 2.45) is 0 Å². The Hall–Kier alpha value is -2.24. The molecule has 6 nitrogen and oxygen atoms in total. The minimum Gasteiger partial charge on any atom is -0.462 e. The highest BCUT2D eigenvalue weighted by Gasteiger charge is 2.08. The molecule has 0 bridgehead atoms. The van der Waals surface area contributed by atoms with Crippen LogP contribution in [0.1, 0.15) is 17.3 Å². The van der Waals surface area contributed by atoms with Gasteiger partial charge in [0, 0.05) is 18.3 Å². The zero-order valence-corrected chi connectivity index (χ0v) is 9.43. The third kappa shape index (κ3) is 4.42. The molecule has 4 N–H and O–H groups in total. The number of ether oxygens (including phenoxy) is 2. The first kappa shape index (κ1) is 12.8. The Kier molecular flexibility index (Phi) is 4.33. The monoisotopic (exact) mass is 238 g/mol. The van der Waals surface area contributed by atoms with Crippen molar-refractivity contribution in [1.82, 2.24) is 0 Å². The Morgan fingerprint density at radius 3 is 2.12 bits per heavy atom. The summed E-state index contributed by atoms with van der Waals surface area (Å²) in [5, 5.41) is 0. The van der Waals surface area contributed by atoms with E-state index in [2.05, 4.69) is 4.74 Å². The van der Waals surface area contributed by atoms with Crippen LogP contribution < -0.4 is 11.5 Å². The highest BCUT2D eigenvalue weighted by atomic mass is 16.6. The summed E-state index contributed by atoms with van der Waals surface area (Å²) in [6.45, 7) is 1.30. The van der Waals surface area contributed by atoms with Crippen LogP contribution in [0.5, 0.6) is 0 Å². The molecule has 0 radical (unpaired) electrons. The van der Waals surface area contributed by atoms with Gasteiger partial charge in [-0.3, -0.25) is 4.79 Å². The van der Waals surface area contributed by atoms with E-state index in [9.17, 15) is 9.59 Å². The standard InChI is InChI=1S/C11H14N2O4/c1-7(14)16-2-3-17-11(15)8-4-9(12)6-10(13)5-8/h4-6H,2-3,12-13H2,1H3. The van der Waals surface area contributed by atoms with Crippen molar-refractivity contribution >= 4 is 23.3 Å². The van der Waals surface area contributed by atoms with Crippen LogP contribution in [0.25, 0.3) is 0 Å². The van der Waals surface area contributed by atoms with Crippen molar-refractivity contribution in [2.75, 3.05) is 24.7 Å². The number of nitrogens with two attached hydrogens (primary N) is 2. The smallest absolute Gasteiger partial charge is 0.338 e. The largest absolute Gasteiger partial charge is 0.462 e. The van der Waals surface area contributed by atoms with Gasteiger partial charge in [-0.15, -0.1) is 0 Å². The normalized spacial score (nSPS) is 9.71. The third-order valence-corrected chi connectivity index (χ3v) is 1.84. The van der Waals surface area contributed by atoms with Crippen LogP contribution in [0.15, 0.2) is 18.2 Å². The topological polar surface area (TPSA) is 105 Å². The molecule has 0 unspecified atom stereocenters. The molecule has 0 amide bonds. The number of rotatable bonds is 4. The van der Waals surface area contributed by atoms with E-state index >= 15 is 0 Å². The number of hydrogen-bond donors (Lipinski definition) is 2. The number of hydrogen-bond acceptors (Lipinski definition) is 6. The molecule has 92 valence electrons. The summed E-state index contributed by atoms with van der Waals surface area (Å²) in [5.41, 5.74) is 12.1. The summed E-state index contributed by atoms with van der Waals surface area (Å²) in [4.78, 5) is 22.0. The Bertz CT molecular complexity index is 411. The predicted molar refractivity (Wildman–Crippen MR) is 62.2 cm³/mol. The third-order valence-electron chi connectivity index (χ3n) is 1.84. The molecule has 0 aliphatic heterocycles. The van der Waals surface area contributed by atoms with Crippen molar-refractivity contribution in [3.05, 3.63) is 23.8 Å². The van der Waals surface area contributed by atoms with E-state index in [0.717, 1.165) is 0 Å². The summed E-state index contributed by atoms with van der Waals surface area (Å²) >= 11 is 0. The number of anilines is 2. The summed E-state index contributed by atoms with van der Waals surface area (Å²) in [6, 6.07) is 4.46. The van der Waals surface area contributed by atoms with E-state index in [4.69, 9.17) is 16.2 Å². The van der Waals surface area contributed by atoms with E-state index in [1.807, 2.05) is 0 Å². The fraction of sp³-hybridized carbons (Fsp3) is 0.273. The maximum atomic E-state index is 11.5. The second-order valence-electron chi connectivity index (χ2n) is 3.36. The van der Waals surface area contributed by atoms with E-state index in [1.54, 1.807) is 0 Å². The van der Waals surface area contributed by atoms with Gasteiger partial charge in [0.05, 0.1) is 5.56 Å². The maximum absolute atomic E-state index is 11.5. The zero-order valence-electron chi connectivity index (χ0n) is 9.43. The van der Waals surface area contributed by atoms with Gasteiger partial charge in [0.1, 0.15) is 13.2 Å². The summed E-state index contributed by atoms with van der Waals surface area (Å²) < 4.78 is 9.47. The molecule has 0 fully saturated rings. The van der Waals surface area contributed by atoms with Crippen molar-refractivity contribution in [1.29, 1.82) is 0 Å². The van der Waals surface area contributed by atoms with Crippen LogP contribution in [0.2, 0.25) is 0 Å². The maximum Gasteiger partial charge on any atom is 0.338 e. The van der Waals surface area contributed by atoms with E-state index < -0.39 is 11.9 Å². The van der Waals surface area contributed by atoms with Gasteiger partial charge >= 0.3 is 11.9 Å². The van der Waals surface area contributed by atoms with Crippen LogP contribution in [-0.4, -0.2) is 25.2 Å². The van der Waals surface area contributed by atoms with E-state index in [0.29, 0.717) is 11.4 Å². The van der Waals surface area contributed by atoms with Gasteiger partial charge < -0.3 is 20.9 Å². The highest BCUT2D eigenvalue weighted by molar-refractivity contribution is 5.91. The minimum absolute atomic E-state index is 0.00683. The predicted octanol–water partition coefficient (Wildman–Crippen LogP) is 0.571.